The first-order valence-corrected chi connectivity index (χ1v) is 9.04. The van der Waals surface area contributed by atoms with Crippen molar-refractivity contribution in [2.45, 2.75) is 38.1 Å². The SMILES string of the molecule is O=C(Cc1cccc(I)c1)N1CCC(NCC2CC2)CC1. The summed E-state index contributed by atoms with van der Waals surface area (Å²) < 4.78 is 1.20. The number of piperidine rings is 1. The molecule has 1 amide bonds. The average Bonchev–Trinajstić information content (AvgIpc) is 3.30. The molecule has 0 spiro atoms. The molecule has 114 valence electrons. The van der Waals surface area contributed by atoms with Gasteiger partial charge in [-0.25, -0.2) is 0 Å². The molecular formula is C17H23IN2O. The van der Waals surface area contributed by atoms with Crippen molar-refractivity contribution in [2.75, 3.05) is 19.6 Å². The summed E-state index contributed by atoms with van der Waals surface area (Å²) in [5, 5.41) is 3.66. The molecule has 0 atom stereocenters. The van der Waals surface area contributed by atoms with Gasteiger partial charge in [0, 0.05) is 22.7 Å². The van der Waals surface area contributed by atoms with Gasteiger partial charge in [0.2, 0.25) is 5.91 Å². The fourth-order valence-electron chi connectivity index (χ4n) is 2.92. The summed E-state index contributed by atoms with van der Waals surface area (Å²) in [5.41, 5.74) is 1.13. The predicted molar refractivity (Wildman–Crippen MR) is 93.2 cm³/mol. The minimum absolute atomic E-state index is 0.276. The summed E-state index contributed by atoms with van der Waals surface area (Å²) in [6.07, 6.45) is 5.55. The fourth-order valence-corrected chi connectivity index (χ4v) is 3.53. The normalized spacial score (nSPS) is 19.8. The highest BCUT2D eigenvalue weighted by molar-refractivity contribution is 14.1. The van der Waals surface area contributed by atoms with Gasteiger partial charge in [0.15, 0.2) is 0 Å². The first kappa shape index (κ1) is 15.3. The topological polar surface area (TPSA) is 32.3 Å². The number of carbonyl (C=O) groups is 1. The van der Waals surface area contributed by atoms with E-state index in [1.54, 1.807) is 0 Å². The Bertz CT molecular complexity index is 493. The van der Waals surface area contributed by atoms with Gasteiger partial charge >= 0.3 is 0 Å². The zero-order valence-electron chi connectivity index (χ0n) is 12.4. The van der Waals surface area contributed by atoms with Crippen LogP contribution in [-0.2, 0) is 11.2 Å². The predicted octanol–water partition coefficient (Wildman–Crippen LogP) is 2.82. The second-order valence-corrected chi connectivity index (χ2v) is 7.56. The number of rotatable bonds is 5. The van der Waals surface area contributed by atoms with Crippen LogP contribution < -0.4 is 5.32 Å². The Balaban J connectivity index is 1.43. The van der Waals surface area contributed by atoms with Crippen molar-refractivity contribution >= 4 is 28.5 Å². The molecule has 0 radical (unpaired) electrons. The van der Waals surface area contributed by atoms with E-state index in [1.807, 2.05) is 17.0 Å². The van der Waals surface area contributed by atoms with Crippen molar-refractivity contribution in [3.05, 3.63) is 33.4 Å². The van der Waals surface area contributed by atoms with Crippen LogP contribution in [0.2, 0.25) is 0 Å². The quantitative estimate of drug-likeness (QED) is 0.774. The Morgan fingerprint density at radius 3 is 2.67 bits per heavy atom. The van der Waals surface area contributed by atoms with Gasteiger partial charge in [0.05, 0.1) is 6.42 Å². The average molecular weight is 398 g/mol. The molecule has 1 heterocycles. The molecule has 1 aromatic carbocycles. The summed E-state index contributed by atoms with van der Waals surface area (Å²) in [6.45, 7) is 3.00. The molecule has 1 aromatic rings. The van der Waals surface area contributed by atoms with Crippen LogP contribution in [-0.4, -0.2) is 36.5 Å². The van der Waals surface area contributed by atoms with Crippen molar-refractivity contribution in [2.24, 2.45) is 5.92 Å². The van der Waals surface area contributed by atoms with Gasteiger partial charge < -0.3 is 10.2 Å². The molecule has 0 aromatic heterocycles. The molecule has 2 aliphatic rings. The van der Waals surface area contributed by atoms with Gasteiger partial charge in [0.25, 0.3) is 0 Å². The lowest BCUT2D eigenvalue weighted by atomic mass is 10.0. The second-order valence-electron chi connectivity index (χ2n) is 6.31. The third-order valence-corrected chi connectivity index (χ3v) is 5.16. The van der Waals surface area contributed by atoms with Crippen LogP contribution in [0.4, 0.5) is 0 Å². The molecule has 3 rings (SSSR count). The highest BCUT2D eigenvalue weighted by atomic mass is 127. The Morgan fingerprint density at radius 2 is 2.00 bits per heavy atom. The van der Waals surface area contributed by atoms with E-state index in [4.69, 9.17) is 0 Å². The van der Waals surface area contributed by atoms with E-state index in [0.717, 1.165) is 37.4 Å². The van der Waals surface area contributed by atoms with Crippen molar-refractivity contribution in [3.63, 3.8) is 0 Å². The standard InChI is InChI=1S/C17H23IN2O/c18-15-3-1-2-14(10-15)11-17(21)20-8-6-16(7-9-20)19-12-13-4-5-13/h1-3,10,13,16,19H,4-9,11-12H2. The lowest BCUT2D eigenvalue weighted by molar-refractivity contribution is -0.131. The van der Waals surface area contributed by atoms with Crippen LogP contribution in [0.5, 0.6) is 0 Å². The molecule has 1 aliphatic carbocycles. The smallest absolute Gasteiger partial charge is 0.226 e. The first-order chi connectivity index (χ1) is 10.2. The number of nitrogens with one attached hydrogen (secondary N) is 1. The van der Waals surface area contributed by atoms with Crippen LogP contribution in [0, 0.1) is 9.49 Å². The minimum atomic E-state index is 0.276. The van der Waals surface area contributed by atoms with Gasteiger partial charge in [-0.05, 0) is 78.4 Å². The zero-order chi connectivity index (χ0) is 14.7. The maximum absolute atomic E-state index is 12.4. The summed E-state index contributed by atoms with van der Waals surface area (Å²) >= 11 is 2.30. The highest BCUT2D eigenvalue weighted by Gasteiger charge is 2.25. The second kappa shape index (κ2) is 7.09. The molecule has 4 heteroatoms. The van der Waals surface area contributed by atoms with Crippen molar-refractivity contribution in [1.82, 2.24) is 10.2 Å². The van der Waals surface area contributed by atoms with Gasteiger partial charge in [-0.1, -0.05) is 12.1 Å². The Labute approximate surface area is 140 Å². The van der Waals surface area contributed by atoms with Crippen molar-refractivity contribution in [1.29, 1.82) is 0 Å². The number of halogens is 1. The van der Waals surface area contributed by atoms with E-state index < -0.39 is 0 Å². The fraction of sp³-hybridized carbons (Fsp3) is 0.588. The molecule has 3 nitrogen and oxygen atoms in total. The van der Waals surface area contributed by atoms with Crippen LogP contribution in [0.1, 0.15) is 31.2 Å². The van der Waals surface area contributed by atoms with Gasteiger partial charge in [-0.3, -0.25) is 4.79 Å². The van der Waals surface area contributed by atoms with E-state index in [-0.39, 0.29) is 5.91 Å². The summed E-state index contributed by atoms with van der Waals surface area (Å²) in [6, 6.07) is 8.85. The minimum Gasteiger partial charge on any atom is -0.342 e. The summed E-state index contributed by atoms with van der Waals surface area (Å²) in [5.74, 6) is 1.21. The number of likely N-dealkylation sites (tertiary alicyclic amines) is 1. The molecule has 1 aliphatic heterocycles. The maximum atomic E-state index is 12.4. The molecule has 2 fully saturated rings. The largest absolute Gasteiger partial charge is 0.342 e. The van der Waals surface area contributed by atoms with Gasteiger partial charge in [-0.2, -0.15) is 0 Å². The van der Waals surface area contributed by atoms with Gasteiger partial charge in [-0.15, -0.1) is 0 Å². The maximum Gasteiger partial charge on any atom is 0.226 e. The van der Waals surface area contributed by atoms with E-state index >= 15 is 0 Å². The van der Waals surface area contributed by atoms with E-state index in [1.165, 1.54) is 23.0 Å². The third-order valence-electron chi connectivity index (χ3n) is 4.48. The first-order valence-electron chi connectivity index (χ1n) is 7.96. The lowest BCUT2D eigenvalue weighted by Gasteiger charge is -2.32. The molecule has 1 N–H and O–H groups in total. The van der Waals surface area contributed by atoms with Gasteiger partial charge in [0.1, 0.15) is 0 Å². The summed E-state index contributed by atoms with van der Waals surface area (Å²) in [7, 11) is 0. The Hall–Kier alpha value is -0.620. The monoisotopic (exact) mass is 398 g/mol. The molecule has 1 saturated heterocycles. The van der Waals surface area contributed by atoms with Crippen molar-refractivity contribution in [3.8, 4) is 0 Å². The number of nitrogens with zero attached hydrogens (tertiary/aromatic N) is 1. The van der Waals surface area contributed by atoms with Crippen LogP contribution in [0.15, 0.2) is 24.3 Å². The number of hydrogen-bond donors (Lipinski definition) is 1. The molecule has 1 saturated carbocycles. The van der Waals surface area contributed by atoms with Crippen LogP contribution in [0.3, 0.4) is 0 Å². The molecule has 0 bridgehead atoms. The zero-order valence-corrected chi connectivity index (χ0v) is 14.5. The van der Waals surface area contributed by atoms with Crippen molar-refractivity contribution < 1.29 is 4.79 Å². The lowest BCUT2D eigenvalue weighted by Crippen LogP contribution is -2.45. The van der Waals surface area contributed by atoms with Crippen LogP contribution in [0.25, 0.3) is 0 Å². The number of hydrogen-bond acceptors (Lipinski definition) is 2. The summed E-state index contributed by atoms with van der Waals surface area (Å²) in [4.78, 5) is 14.4. The van der Waals surface area contributed by atoms with E-state index in [9.17, 15) is 4.79 Å². The highest BCUT2D eigenvalue weighted by Crippen LogP contribution is 2.28. The van der Waals surface area contributed by atoms with E-state index in [2.05, 4.69) is 40.0 Å². The number of amides is 1. The Morgan fingerprint density at radius 1 is 1.24 bits per heavy atom. The number of carbonyl (C=O) groups excluding carboxylic acids is 1. The Kier molecular flexibility index (Phi) is 5.16. The van der Waals surface area contributed by atoms with E-state index in [0.29, 0.717) is 12.5 Å². The molecule has 0 unspecified atom stereocenters. The number of benzene rings is 1. The third kappa shape index (κ3) is 4.68. The molecular weight excluding hydrogens is 375 g/mol. The molecule has 21 heavy (non-hydrogen) atoms. The van der Waals surface area contributed by atoms with Crippen LogP contribution >= 0.6 is 22.6 Å².